The van der Waals surface area contributed by atoms with Gasteiger partial charge in [0.1, 0.15) is 5.60 Å². The van der Waals surface area contributed by atoms with Crippen LogP contribution in [-0.2, 0) is 14.3 Å². The number of nitrogens with zero attached hydrogens (tertiary/aromatic N) is 1. The first-order valence-electron chi connectivity index (χ1n) is 8.54. The number of amides is 2. The largest absolute Gasteiger partial charge is 0.481 e. The maximum absolute atomic E-state index is 12.7. The normalized spacial score (nSPS) is 22.8. The van der Waals surface area contributed by atoms with Crippen LogP contribution in [0.15, 0.2) is 24.3 Å². The van der Waals surface area contributed by atoms with Gasteiger partial charge in [-0.15, -0.1) is 0 Å². The highest BCUT2D eigenvalue weighted by atomic mass is 16.6. The number of likely N-dealkylation sites (tertiary alicyclic amines) is 1. The molecule has 0 unspecified atom stereocenters. The number of carboxylic acid groups (broad SMARTS) is 1. The van der Waals surface area contributed by atoms with E-state index in [9.17, 15) is 19.5 Å². The first-order chi connectivity index (χ1) is 11.9. The number of hydrogen-bond donors (Lipinski definition) is 2. The molecule has 142 valence electrons. The number of anilines is 1. The average Bonchev–Trinajstić information content (AvgIpc) is 2.84. The van der Waals surface area contributed by atoms with Gasteiger partial charge in [0, 0.05) is 19.2 Å². The van der Waals surface area contributed by atoms with Crippen molar-refractivity contribution >= 4 is 23.7 Å². The lowest BCUT2D eigenvalue weighted by molar-refractivity contribution is -0.149. The molecule has 2 N–H and O–H groups in total. The van der Waals surface area contributed by atoms with E-state index in [1.54, 1.807) is 52.0 Å². The van der Waals surface area contributed by atoms with E-state index in [-0.39, 0.29) is 12.5 Å². The van der Waals surface area contributed by atoms with Gasteiger partial charge in [0.05, 0.1) is 11.5 Å². The summed E-state index contributed by atoms with van der Waals surface area (Å²) in [6.07, 6.45) is -0.228. The van der Waals surface area contributed by atoms with Crippen LogP contribution in [0.5, 0.6) is 0 Å². The molecule has 2 atom stereocenters. The lowest BCUT2D eigenvalue weighted by Crippen LogP contribution is -2.41. The number of rotatable bonds is 3. The molecule has 1 saturated heterocycles. The van der Waals surface area contributed by atoms with Crippen LogP contribution in [-0.4, -0.2) is 40.1 Å². The van der Waals surface area contributed by atoms with Gasteiger partial charge in [-0.05, 0) is 51.8 Å². The molecule has 2 rings (SSSR count). The third-order valence-corrected chi connectivity index (χ3v) is 4.43. The summed E-state index contributed by atoms with van der Waals surface area (Å²) in [6.45, 7) is 8.62. The molecule has 7 nitrogen and oxygen atoms in total. The first kappa shape index (κ1) is 19.8. The van der Waals surface area contributed by atoms with Gasteiger partial charge in [-0.25, -0.2) is 4.79 Å². The van der Waals surface area contributed by atoms with Gasteiger partial charge in [0.15, 0.2) is 0 Å². The second-order valence-electron chi connectivity index (χ2n) is 7.86. The van der Waals surface area contributed by atoms with E-state index < -0.39 is 29.1 Å². The quantitative estimate of drug-likeness (QED) is 0.859. The Bertz CT molecular complexity index is 725. The van der Waals surface area contributed by atoms with Crippen LogP contribution in [0.25, 0.3) is 0 Å². The smallest absolute Gasteiger partial charge is 0.410 e. The molecule has 26 heavy (non-hydrogen) atoms. The molecule has 0 aliphatic carbocycles. The number of nitrogens with one attached hydrogen (secondary N) is 1. The Kier molecular flexibility index (Phi) is 5.30. The molecule has 0 saturated carbocycles. The minimum atomic E-state index is -1.15. The van der Waals surface area contributed by atoms with E-state index >= 15 is 0 Å². The van der Waals surface area contributed by atoms with E-state index in [0.29, 0.717) is 17.7 Å². The van der Waals surface area contributed by atoms with Crippen LogP contribution in [0.2, 0.25) is 0 Å². The summed E-state index contributed by atoms with van der Waals surface area (Å²) >= 11 is 0. The Balaban J connectivity index is 2.44. The highest BCUT2D eigenvalue weighted by molar-refractivity contribution is 5.88. The number of benzene rings is 1. The molecule has 1 aromatic carbocycles. The SMILES string of the molecule is CC(=O)Nc1cccc([C@H]2N(C(=O)OC(C)(C)C)CC[C@@]2(C)C(=O)O)c1. The van der Waals surface area contributed by atoms with Crippen molar-refractivity contribution in [3.05, 3.63) is 29.8 Å². The van der Waals surface area contributed by atoms with E-state index in [0.717, 1.165) is 0 Å². The predicted octanol–water partition coefficient (Wildman–Crippen LogP) is 3.42. The molecule has 0 bridgehead atoms. The molecule has 1 aliphatic heterocycles. The number of ether oxygens (including phenoxy) is 1. The third-order valence-electron chi connectivity index (χ3n) is 4.43. The van der Waals surface area contributed by atoms with Crippen molar-refractivity contribution in [2.75, 3.05) is 11.9 Å². The first-order valence-corrected chi connectivity index (χ1v) is 8.54. The van der Waals surface area contributed by atoms with Crippen LogP contribution in [0.3, 0.4) is 0 Å². The maximum Gasteiger partial charge on any atom is 0.410 e. The van der Waals surface area contributed by atoms with Crippen LogP contribution < -0.4 is 5.32 Å². The summed E-state index contributed by atoms with van der Waals surface area (Å²) in [4.78, 5) is 37.4. The van der Waals surface area contributed by atoms with E-state index in [1.165, 1.54) is 11.8 Å². The van der Waals surface area contributed by atoms with Crippen molar-refractivity contribution in [3.63, 3.8) is 0 Å². The summed E-state index contributed by atoms with van der Waals surface area (Å²) in [6, 6.07) is 6.23. The molecular formula is C19H26N2O5. The average molecular weight is 362 g/mol. The second-order valence-corrected chi connectivity index (χ2v) is 7.86. The zero-order valence-electron chi connectivity index (χ0n) is 15.8. The topological polar surface area (TPSA) is 95.9 Å². The van der Waals surface area contributed by atoms with Crippen LogP contribution >= 0.6 is 0 Å². The molecule has 0 aromatic heterocycles. The maximum atomic E-state index is 12.7. The van der Waals surface area contributed by atoms with Gasteiger partial charge in [0.25, 0.3) is 0 Å². The molecule has 0 radical (unpaired) electrons. The van der Waals surface area contributed by atoms with Crippen LogP contribution in [0.1, 0.15) is 52.6 Å². The standard InChI is InChI=1S/C19H26N2O5/c1-12(22)20-14-8-6-7-13(11-14)15-19(5,16(23)24)9-10-21(15)17(25)26-18(2,3)4/h6-8,11,15H,9-10H2,1-5H3,(H,20,22)(H,23,24)/t15-,19-/m1/s1. The molecule has 1 aliphatic rings. The van der Waals surface area contributed by atoms with Crippen LogP contribution in [0.4, 0.5) is 10.5 Å². The van der Waals surface area contributed by atoms with E-state index in [4.69, 9.17) is 4.74 Å². The summed E-state index contributed by atoms with van der Waals surface area (Å²) in [5.74, 6) is -1.20. The fraction of sp³-hybridized carbons (Fsp3) is 0.526. The van der Waals surface area contributed by atoms with Gasteiger partial charge in [-0.3, -0.25) is 14.5 Å². The number of carboxylic acids is 1. The second kappa shape index (κ2) is 6.97. The zero-order valence-corrected chi connectivity index (χ0v) is 15.8. The van der Waals surface area contributed by atoms with Crippen molar-refractivity contribution < 1.29 is 24.2 Å². The van der Waals surface area contributed by atoms with Crippen LogP contribution in [0, 0.1) is 5.41 Å². The summed E-state index contributed by atoms with van der Waals surface area (Å²) in [5, 5.41) is 12.5. The van der Waals surface area contributed by atoms with Gasteiger partial charge in [-0.2, -0.15) is 0 Å². The number of carbonyl (C=O) groups is 3. The van der Waals surface area contributed by atoms with Crippen molar-refractivity contribution in [1.29, 1.82) is 0 Å². The number of hydrogen-bond acceptors (Lipinski definition) is 4. The predicted molar refractivity (Wildman–Crippen MR) is 96.8 cm³/mol. The summed E-state index contributed by atoms with van der Waals surface area (Å²) < 4.78 is 5.47. The fourth-order valence-electron chi connectivity index (χ4n) is 3.24. The van der Waals surface area contributed by atoms with Crippen molar-refractivity contribution in [1.82, 2.24) is 4.90 Å². The number of carbonyl (C=O) groups excluding carboxylic acids is 2. The Morgan fingerprint density at radius 1 is 1.31 bits per heavy atom. The minimum Gasteiger partial charge on any atom is -0.481 e. The highest BCUT2D eigenvalue weighted by Gasteiger charge is 2.52. The lowest BCUT2D eigenvalue weighted by Gasteiger charge is -2.34. The Labute approximate surface area is 153 Å². The molecule has 0 spiro atoms. The third kappa shape index (κ3) is 4.15. The summed E-state index contributed by atoms with van der Waals surface area (Å²) in [7, 11) is 0. The lowest BCUT2D eigenvalue weighted by atomic mass is 9.79. The molecule has 1 aromatic rings. The van der Waals surface area contributed by atoms with Gasteiger partial charge in [0.2, 0.25) is 5.91 Å². The molecule has 1 heterocycles. The van der Waals surface area contributed by atoms with Gasteiger partial charge >= 0.3 is 12.1 Å². The van der Waals surface area contributed by atoms with Gasteiger partial charge in [-0.1, -0.05) is 12.1 Å². The minimum absolute atomic E-state index is 0.224. The highest BCUT2D eigenvalue weighted by Crippen LogP contribution is 2.48. The van der Waals surface area contributed by atoms with E-state index in [2.05, 4.69) is 5.32 Å². The molecule has 2 amide bonds. The van der Waals surface area contributed by atoms with Crippen molar-refractivity contribution in [2.45, 2.75) is 52.7 Å². The number of aliphatic carboxylic acids is 1. The monoisotopic (exact) mass is 362 g/mol. The fourth-order valence-corrected chi connectivity index (χ4v) is 3.24. The summed E-state index contributed by atoms with van der Waals surface area (Å²) in [5.41, 5.74) is -0.628. The molecule has 7 heteroatoms. The van der Waals surface area contributed by atoms with Gasteiger partial charge < -0.3 is 15.2 Å². The Morgan fingerprint density at radius 3 is 2.50 bits per heavy atom. The Morgan fingerprint density at radius 2 is 1.96 bits per heavy atom. The zero-order chi connectivity index (χ0) is 19.7. The molecule has 1 fully saturated rings. The van der Waals surface area contributed by atoms with E-state index in [1.807, 2.05) is 0 Å². The molecular weight excluding hydrogens is 336 g/mol. The Hall–Kier alpha value is -2.57. The van der Waals surface area contributed by atoms with Crippen molar-refractivity contribution in [2.24, 2.45) is 5.41 Å². The van der Waals surface area contributed by atoms with Crippen molar-refractivity contribution in [3.8, 4) is 0 Å².